The van der Waals surface area contributed by atoms with Crippen LogP contribution in [-0.2, 0) is 0 Å². The summed E-state index contributed by atoms with van der Waals surface area (Å²) >= 11 is 0. The van der Waals surface area contributed by atoms with Crippen LogP contribution in [0.3, 0.4) is 0 Å². The summed E-state index contributed by atoms with van der Waals surface area (Å²) in [6, 6.07) is 10.6. The van der Waals surface area contributed by atoms with Gasteiger partial charge in [-0.2, -0.15) is 0 Å². The third-order valence-electron chi connectivity index (χ3n) is 2.43. The highest BCUT2D eigenvalue weighted by molar-refractivity contribution is 5.94. The second-order valence-electron chi connectivity index (χ2n) is 3.71. The predicted molar refractivity (Wildman–Crippen MR) is 67.5 cm³/mol. The van der Waals surface area contributed by atoms with Crippen LogP contribution in [-0.4, -0.2) is 11.1 Å². The minimum Gasteiger partial charge on any atom is -0.478 e. The highest BCUT2D eigenvalue weighted by Gasteiger charge is 2.08. The number of aromatic carboxylic acids is 1. The van der Waals surface area contributed by atoms with Gasteiger partial charge in [-0.15, -0.1) is 0 Å². The van der Waals surface area contributed by atoms with Gasteiger partial charge in [0.1, 0.15) is 5.82 Å². The van der Waals surface area contributed by atoms with Crippen molar-refractivity contribution in [2.45, 2.75) is 0 Å². The number of nitrogens with two attached hydrogens (primary N) is 1. The van der Waals surface area contributed by atoms with E-state index in [9.17, 15) is 9.18 Å². The average molecular weight is 246 g/mol. The monoisotopic (exact) mass is 246 g/mol. The number of hydrogen-bond donors (Lipinski definition) is 3. The van der Waals surface area contributed by atoms with E-state index in [-0.39, 0.29) is 11.3 Å². The molecule has 2 rings (SSSR count). The summed E-state index contributed by atoms with van der Waals surface area (Å²) in [7, 11) is 0. The molecule has 0 radical (unpaired) electrons. The lowest BCUT2D eigenvalue weighted by molar-refractivity contribution is 0.0698. The van der Waals surface area contributed by atoms with E-state index in [1.54, 1.807) is 18.2 Å². The molecule has 0 bridgehead atoms. The first kappa shape index (κ1) is 11.9. The maximum atomic E-state index is 13.4. The van der Waals surface area contributed by atoms with E-state index in [1.807, 2.05) is 0 Å². The Labute approximate surface area is 103 Å². The number of anilines is 3. The largest absolute Gasteiger partial charge is 0.478 e. The van der Waals surface area contributed by atoms with Crippen molar-refractivity contribution >= 4 is 23.0 Å². The average Bonchev–Trinajstić information content (AvgIpc) is 2.32. The zero-order chi connectivity index (χ0) is 13.1. The SMILES string of the molecule is Nc1cc(Nc2ccccc2F)ccc1C(=O)O. The second kappa shape index (κ2) is 4.75. The van der Waals surface area contributed by atoms with Crippen molar-refractivity contribution in [1.29, 1.82) is 0 Å². The quantitative estimate of drug-likeness (QED) is 0.728. The Kier molecular flexibility index (Phi) is 3.14. The molecule has 0 spiro atoms. The van der Waals surface area contributed by atoms with Crippen LogP contribution in [0.4, 0.5) is 21.5 Å². The number of carbonyl (C=O) groups is 1. The second-order valence-corrected chi connectivity index (χ2v) is 3.71. The molecule has 0 aliphatic carbocycles. The molecule has 5 heteroatoms. The molecule has 0 heterocycles. The topological polar surface area (TPSA) is 75.3 Å². The van der Waals surface area contributed by atoms with Crippen molar-refractivity contribution in [3.63, 3.8) is 0 Å². The number of rotatable bonds is 3. The van der Waals surface area contributed by atoms with E-state index < -0.39 is 11.8 Å². The lowest BCUT2D eigenvalue weighted by Gasteiger charge is -2.09. The Bertz CT molecular complexity index is 599. The number of halogens is 1. The Morgan fingerprint density at radius 1 is 1.22 bits per heavy atom. The summed E-state index contributed by atoms with van der Waals surface area (Å²) in [5.74, 6) is -1.48. The zero-order valence-corrected chi connectivity index (χ0v) is 9.35. The lowest BCUT2D eigenvalue weighted by atomic mass is 10.1. The molecular weight excluding hydrogens is 235 g/mol. The zero-order valence-electron chi connectivity index (χ0n) is 9.35. The van der Waals surface area contributed by atoms with E-state index in [0.29, 0.717) is 11.4 Å². The third kappa shape index (κ3) is 2.40. The highest BCUT2D eigenvalue weighted by Crippen LogP contribution is 2.23. The summed E-state index contributed by atoms with van der Waals surface area (Å²) < 4.78 is 13.4. The summed E-state index contributed by atoms with van der Waals surface area (Å²) in [6.07, 6.45) is 0. The first-order valence-electron chi connectivity index (χ1n) is 5.22. The van der Waals surface area contributed by atoms with E-state index >= 15 is 0 Å². The van der Waals surface area contributed by atoms with Crippen molar-refractivity contribution in [2.75, 3.05) is 11.1 Å². The van der Waals surface area contributed by atoms with Crippen molar-refractivity contribution < 1.29 is 14.3 Å². The number of hydrogen-bond acceptors (Lipinski definition) is 3. The number of para-hydroxylation sites is 1. The fraction of sp³-hybridized carbons (Fsp3) is 0. The van der Waals surface area contributed by atoms with E-state index in [2.05, 4.69) is 5.32 Å². The molecule has 2 aromatic carbocycles. The number of nitrogen functional groups attached to an aromatic ring is 1. The van der Waals surface area contributed by atoms with Crippen molar-refractivity contribution in [3.05, 3.63) is 53.8 Å². The Morgan fingerprint density at radius 2 is 1.94 bits per heavy atom. The van der Waals surface area contributed by atoms with Gasteiger partial charge in [-0.1, -0.05) is 12.1 Å². The van der Waals surface area contributed by atoms with E-state index in [0.717, 1.165) is 0 Å². The summed E-state index contributed by atoms with van der Waals surface area (Å²) in [6.45, 7) is 0. The Hall–Kier alpha value is -2.56. The van der Waals surface area contributed by atoms with E-state index in [1.165, 1.54) is 24.3 Å². The molecule has 0 saturated heterocycles. The minimum atomic E-state index is -1.09. The molecule has 92 valence electrons. The standard InChI is InChI=1S/C13H11FN2O2/c14-10-3-1-2-4-12(10)16-8-5-6-9(13(17)18)11(15)7-8/h1-7,16H,15H2,(H,17,18). The first-order valence-corrected chi connectivity index (χ1v) is 5.22. The maximum absolute atomic E-state index is 13.4. The van der Waals surface area contributed by atoms with Gasteiger partial charge in [0.25, 0.3) is 0 Å². The van der Waals surface area contributed by atoms with Crippen LogP contribution in [0, 0.1) is 5.82 Å². The van der Waals surface area contributed by atoms with Gasteiger partial charge in [-0.25, -0.2) is 9.18 Å². The highest BCUT2D eigenvalue weighted by atomic mass is 19.1. The normalized spacial score (nSPS) is 10.1. The molecule has 4 nitrogen and oxygen atoms in total. The predicted octanol–water partition coefficient (Wildman–Crippen LogP) is 2.85. The smallest absolute Gasteiger partial charge is 0.337 e. The van der Waals surface area contributed by atoms with Crippen LogP contribution in [0.2, 0.25) is 0 Å². The molecular formula is C13H11FN2O2. The summed E-state index contributed by atoms with van der Waals surface area (Å²) in [5.41, 5.74) is 6.59. The van der Waals surface area contributed by atoms with Crippen molar-refractivity contribution in [1.82, 2.24) is 0 Å². The fourth-order valence-electron chi connectivity index (χ4n) is 1.55. The molecule has 4 N–H and O–H groups in total. The molecule has 0 aliphatic rings. The molecule has 2 aromatic rings. The van der Waals surface area contributed by atoms with Gasteiger partial charge in [-0.3, -0.25) is 0 Å². The number of carboxylic acid groups (broad SMARTS) is 1. The molecule has 0 saturated carbocycles. The Balaban J connectivity index is 2.29. The molecule has 0 atom stereocenters. The molecule has 0 amide bonds. The van der Waals surface area contributed by atoms with Crippen molar-refractivity contribution in [3.8, 4) is 0 Å². The fourth-order valence-corrected chi connectivity index (χ4v) is 1.55. The third-order valence-corrected chi connectivity index (χ3v) is 2.43. The van der Waals surface area contributed by atoms with Crippen LogP contribution in [0.1, 0.15) is 10.4 Å². The number of carboxylic acids is 1. The van der Waals surface area contributed by atoms with Crippen LogP contribution < -0.4 is 11.1 Å². The van der Waals surface area contributed by atoms with Crippen LogP contribution >= 0.6 is 0 Å². The van der Waals surface area contributed by atoms with Crippen LogP contribution in [0.15, 0.2) is 42.5 Å². The molecule has 0 fully saturated rings. The molecule has 18 heavy (non-hydrogen) atoms. The van der Waals surface area contributed by atoms with Gasteiger partial charge in [0, 0.05) is 11.4 Å². The van der Waals surface area contributed by atoms with Crippen molar-refractivity contribution in [2.24, 2.45) is 0 Å². The van der Waals surface area contributed by atoms with Gasteiger partial charge < -0.3 is 16.2 Å². The molecule has 0 unspecified atom stereocenters. The van der Waals surface area contributed by atoms with Crippen LogP contribution in [0.25, 0.3) is 0 Å². The first-order chi connectivity index (χ1) is 8.58. The van der Waals surface area contributed by atoms with Gasteiger partial charge in [0.15, 0.2) is 0 Å². The summed E-state index contributed by atoms with van der Waals surface area (Å²) in [5, 5.41) is 11.7. The number of nitrogens with one attached hydrogen (secondary N) is 1. The Morgan fingerprint density at radius 3 is 2.56 bits per heavy atom. The van der Waals surface area contributed by atoms with Gasteiger partial charge in [0.05, 0.1) is 11.3 Å². The maximum Gasteiger partial charge on any atom is 0.337 e. The van der Waals surface area contributed by atoms with Gasteiger partial charge >= 0.3 is 5.97 Å². The van der Waals surface area contributed by atoms with E-state index in [4.69, 9.17) is 10.8 Å². The lowest BCUT2D eigenvalue weighted by Crippen LogP contribution is -2.03. The van der Waals surface area contributed by atoms with Gasteiger partial charge in [0.2, 0.25) is 0 Å². The van der Waals surface area contributed by atoms with Crippen LogP contribution in [0.5, 0.6) is 0 Å². The minimum absolute atomic E-state index is 0.0223. The number of benzene rings is 2. The summed E-state index contributed by atoms with van der Waals surface area (Å²) in [4.78, 5) is 10.8. The molecule has 0 aliphatic heterocycles. The van der Waals surface area contributed by atoms with Gasteiger partial charge in [-0.05, 0) is 30.3 Å². The molecule has 0 aromatic heterocycles.